The van der Waals surface area contributed by atoms with Crippen LogP contribution in [0.15, 0.2) is 24.3 Å². The third-order valence-corrected chi connectivity index (χ3v) is 3.93. The summed E-state index contributed by atoms with van der Waals surface area (Å²) in [6.07, 6.45) is 3.93. The molecule has 0 saturated heterocycles. The average Bonchev–Trinajstić information content (AvgIpc) is 2.38. The zero-order valence-electron chi connectivity index (χ0n) is 10.9. The van der Waals surface area contributed by atoms with Gasteiger partial charge in [0, 0.05) is 16.9 Å². The van der Waals surface area contributed by atoms with E-state index in [1.807, 2.05) is 23.9 Å². The summed E-state index contributed by atoms with van der Waals surface area (Å²) in [4.78, 5) is 10.5. The molecule has 4 nitrogen and oxygen atoms in total. The van der Waals surface area contributed by atoms with Gasteiger partial charge in [-0.15, -0.1) is 0 Å². The number of nitro groups is 1. The van der Waals surface area contributed by atoms with Crippen molar-refractivity contribution in [2.75, 3.05) is 19.3 Å². The fourth-order valence-electron chi connectivity index (χ4n) is 1.67. The predicted octanol–water partition coefficient (Wildman–Crippen LogP) is 2.87. The zero-order valence-corrected chi connectivity index (χ0v) is 11.7. The van der Waals surface area contributed by atoms with Crippen molar-refractivity contribution in [3.63, 3.8) is 0 Å². The first-order valence-corrected chi connectivity index (χ1v) is 7.39. The Morgan fingerprint density at radius 2 is 2.11 bits per heavy atom. The van der Waals surface area contributed by atoms with E-state index in [0.717, 1.165) is 25.1 Å². The van der Waals surface area contributed by atoms with E-state index in [4.69, 9.17) is 0 Å². The quantitative estimate of drug-likeness (QED) is 0.447. The highest BCUT2D eigenvalue weighted by Gasteiger charge is 2.11. The second-order valence-corrected chi connectivity index (χ2v) is 5.50. The van der Waals surface area contributed by atoms with Crippen LogP contribution < -0.4 is 5.32 Å². The molecule has 5 heteroatoms. The number of benzene rings is 1. The molecule has 1 aromatic rings. The average molecular weight is 268 g/mol. The molecular formula is C13H20N2O2S. The van der Waals surface area contributed by atoms with Crippen molar-refractivity contribution in [3.05, 3.63) is 39.9 Å². The molecular weight excluding hydrogens is 248 g/mol. The molecule has 18 heavy (non-hydrogen) atoms. The summed E-state index contributed by atoms with van der Waals surface area (Å²) in [6, 6.07) is 6.93. The molecule has 0 spiro atoms. The minimum Gasteiger partial charge on any atom is -0.316 e. The van der Waals surface area contributed by atoms with Gasteiger partial charge in [-0.3, -0.25) is 10.1 Å². The standard InChI is InChI=1S/C13H20N2O2S/c1-11(18-2)7-9-14-10-8-12-5-3-4-6-13(12)15(16)17/h3-6,11,14H,7-10H2,1-2H3. The predicted molar refractivity (Wildman–Crippen MR) is 77.3 cm³/mol. The second-order valence-electron chi connectivity index (χ2n) is 4.22. The van der Waals surface area contributed by atoms with Crippen LogP contribution in [0.25, 0.3) is 0 Å². The number of thioether (sulfide) groups is 1. The fraction of sp³-hybridized carbons (Fsp3) is 0.538. The summed E-state index contributed by atoms with van der Waals surface area (Å²) in [6.45, 7) is 3.95. The zero-order chi connectivity index (χ0) is 13.4. The van der Waals surface area contributed by atoms with Gasteiger partial charge in [0.25, 0.3) is 5.69 Å². The number of rotatable bonds is 8. The van der Waals surface area contributed by atoms with Gasteiger partial charge in [-0.1, -0.05) is 25.1 Å². The first-order valence-electron chi connectivity index (χ1n) is 6.11. The normalized spacial score (nSPS) is 12.3. The lowest BCUT2D eigenvalue weighted by Gasteiger charge is -2.09. The highest BCUT2D eigenvalue weighted by molar-refractivity contribution is 7.99. The minimum atomic E-state index is -0.314. The van der Waals surface area contributed by atoms with Crippen molar-refractivity contribution >= 4 is 17.4 Å². The van der Waals surface area contributed by atoms with Gasteiger partial charge >= 0.3 is 0 Å². The van der Waals surface area contributed by atoms with Gasteiger partial charge in [0.05, 0.1) is 4.92 Å². The third-order valence-electron chi connectivity index (χ3n) is 2.89. The van der Waals surface area contributed by atoms with Crippen molar-refractivity contribution in [2.45, 2.75) is 25.0 Å². The molecule has 1 unspecified atom stereocenters. The van der Waals surface area contributed by atoms with Crippen LogP contribution in [0.5, 0.6) is 0 Å². The lowest BCUT2D eigenvalue weighted by atomic mass is 10.1. The van der Waals surface area contributed by atoms with Crippen LogP contribution in [0.1, 0.15) is 18.9 Å². The molecule has 0 aliphatic rings. The van der Waals surface area contributed by atoms with Crippen molar-refractivity contribution in [2.24, 2.45) is 0 Å². The SMILES string of the molecule is CSC(C)CCNCCc1ccccc1[N+](=O)[O-]. The molecule has 1 rings (SSSR count). The smallest absolute Gasteiger partial charge is 0.272 e. The summed E-state index contributed by atoms with van der Waals surface area (Å²) in [7, 11) is 0. The number of hydrogen-bond donors (Lipinski definition) is 1. The first-order chi connectivity index (χ1) is 8.65. The largest absolute Gasteiger partial charge is 0.316 e. The van der Waals surface area contributed by atoms with Crippen LogP contribution in [0, 0.1) is 10.1 Å². The number of hydrogen-bond acceptors (Lipinski definition) is 4. The van der Waals surface area contributed by atoms with Crippen LogP contribution in [0.3, 0.4) is 0 Å². The maximum absolute atomic E-state index is 10.8. The van der Waals surface area contributed by atoms with Crippen molar-refractivity contribution < 1.29 is 4.92 Å². The van der Waals surface area contributed by atoms with Gasteiger partial charge in [-0.25, -0.2) is 0 Å². The number of nitrogens with one attached hydrogen (secondary N) is 1. The van der Waals surface area contributed by atoms with Crippen LogP contribution in [-0.2, 0) is 6.42 Å². The molecule has 0 saturated carbocycles. The summed E-state index contributed by atoms with van der Waals surface area (Å²) < 4.78 is 0. The van der Waals surface area contributed by atoms with E-state index in [1.54, 1.807) is 12.1 Å². The van der Waals surface area contributed by atoms with Crippen molar-refractivity contribution in [1.82, 2.24) is 5.32 Å². The van der Waals surface area contributed by atoms with Gasteiger partial charge in [-0.2, -0.15) is 11.8 Å². The first kappa shape index (κ1) is 15.0. The van der Waals surface area contributed by atoms with E-state index < -0.39 is 0 Å². The van der Waals surface area contributed by atoms with E-state index in [2.05, 4.69) is 18.5 Å². The molecule has 0 amide bonds. The van der Waals surface area contributed by atoms with Crippen LogP contribution in [0.2, 0.25) is 0 Å². The Labute approximate surface area is 112 Å². The van der Waals surface area contributed by atoms with Crippen LogP contribution in [-0.4, -0.2) is 29.5 Å². The molecule has 1 aromatic carbocycles. The van der Waals surface area contributed by atoms with E-state index in [1.165, 1.54) is 0 Å². The second kappa shape index (κ2) is 8.11. The molecule has 0 radical (unpaired) electrons. The number of para-hydroxylation sites is 1. The summed E-state index contributed by atoms with van der Waals surface area (Å²) in [5.41, 5.74) is 1.02. The van der Waals surface area contributed by atoms with E-state index >= 15 is 0 Å². The van der Waals surface area contributed by atoms with Crippen LogP contribution in [0.4, 0.5) is 5.69 Å². The Balaban J connectivity index is 2.33. The summed E-state index contributed by atoms with van der Waals surface area (Å²) in [5.74, 6) is 0. The van der Waals surface area contributed by atoms with E-state index in [-0.39, 0.29) is 10.6 Å². The number of nitrogens with zero attached hydrogens (tertiary/aromatic N) is 1. The summed E-state index contributed by atoms with van der Waals surface area (Å²) in [5, 5.41) is 14.8. The molecule has 0 aliphatic carbocycles. The van der Waals surface area contributed by atoms with Crippen molar-refractivity contribution in [1.29, 1.82) is 0 Å². The van der Waals surface area contributed by atoms with E-state index in [0.29, 0.717) is 11.7 Å². The fourth-order valence-corrected chi connectivity index (χ4v) is 2.03. The van der Waals surface area contributed by atoms with E-state index in [9.17, 15) is 10.1 Å². The molecule has 0 heterocycles. The molecule has 0 aliphatic heterocycles. The molecule has 100 valence electrons. The maximum Gasteiger partial charge on any atom is 0.272 e. The third kappa shape index (κ3) is 5.06. The van der Waals surface area contributed by atoms with Gasteiger partial charge in [0.2, 0.25) is 0 Å². The summed E-state index contributed by atoms with van der Waals surface area (Å²) >= 11 is 1.86. The maximum atomic E-state index is 10.8. The Kier molecular flexibility index (Phi) is 6.75. The molecule has 0 fully saturated rings. The van der Waals surface area contributed by atoms with Crippen molar-refractivity contribution in [3.8, 4) is 0 Å². The van der Waals surface area contributed by atoms with Gasteiger partial charge in [0.15, 0.2) is 0 Å². The Morgan fingerprint density at radius 1 is 1.39 bits per heavy atom. The Morgan fingerprint density at radius 3 is 2.78 bits per heavy atom. The van der Waals surface area contributed by atoms with Gasteiger partial charge in [0.1, 0.15) is 0 Å². The Hall–Kier alpha value is -1.07. The Bertz CT molecular complexity index is 385. The lowest BCUT2D eigenvalue weighted by Crippen LogP contribution is -2.21. The minimum absolute atomic E-state index is 0.219. The number of nitro benzene ring substituents is 1. The molecule has 1 N–H and O–H groups in total. The van der Waals surface area contributed by atoms with Gasteiger partial charge < -0.3 is 5.32 Å². The highest BCUT2D eigenvalue weighted by Crippen LogP contribution is 2.17. The topological polar surface area (TPSA) is 55.2 Å². The van der Waals surface area contributed by atoms with Gasteiger partial charge in [-0.05, 0) is 32.2 Å². The monoisotopic (exact) mass is 268 g/mol. The molecule has 1 atom stereocenters. The highest BCUT2D eigenvalue weighted by atomic mass is 32.2. The lowest BCUT2D eigenvalue weighted by molar-refractivity contribution is -0.385. The molecule has 0 bridgehead atoms. The molecule has 0 aromatic heterocycles. The van der Waals surface area contributed by atoms with Crippen LogP contribution >= 0.6 is 11.8 Å².